The van der Waals surface area contributed by atoms with Crippen molar-refractivity contribution in [2.75, 3.05) is 6.61 Å². The molecule has 1 aromatic rings. The minimum absolute atomic E-state index is 0.00497. The molecule has 5 heteroatoms. The van der Waals surface area contributed by atoms with Gasteiger partial charge in [0.2, 0.25) is 5.91 Å². The van der Waals surface area contributed by atoms with E-state index in [1.807, 2.05) is 6.07 Å². The summed E-state index contributed by atoms with van der Waals surface area (Å²) in [6, 6.07) is 3.62. The van der Waals surface area contributed by atoms with Crippen LogP contribution in [-0.4, -0.2) is 29.2 Å². The molecule has 3 rings (SSSR count). The number of carbonyl (C=O) groups is 1. The molecule has 1 amide bonds. The highest BCUT2D eigenvalue weighted by molar-refractivity contribution is 5.81. The third kappa shape index (κ3) is 2.99. The summed E-state index contributed by atoms with van der Waals surface area (Å²) in [5, 5.41) is 3.10. The monoisotopic (exact) mass is 302 g/mol. The number of fused-ring (bicyclic) bond motifs is 1. The van der Waals surface area contributed by atoms with Gasteiger partial charge in [0.25, 0.3) is 5.56 Å². The van der Waals surface area contributed by atoms with Gasteiger partial charge in [0, 0.05) is 31.0 Å². The fraction of sp³-hybridized carbons (Fsp3) is 0.529. The van der Waals surface area contributed by atoms with Gasteiger partial charge in [-0.2, -0.15) is 0 Å². The molecule has 0 bridgehead atoms. The maximum atomic E-state index is 12.1. The summed E-state index contributed by atoms with van der Waals surface area (Å²) in [4.78, 5) is 24.1. The van der Waals surface area contributed by atoms with E-state index in [9.17, 15) is 9.59 Å². The van der Waals surface area contributed by atoms with Gasteiger partial charge >= 0.3 is 0 Å². The second-order valence-electron chi connectivity index (χ2n) is 5.99. The quantitative estimate of drug-likeness (QED) is 0.850. The smallest absolute Gasteiger partial charge is 0.251 e. The van der Waals surface area contributed by atoms with Crippen LogP contribution in [0.3, 0.4) is 0 Å². The molecule has 118 valence electrons. The van der Waals surface area contributed by atoms with Crippen LogP contribution in [0.25, 0.3) is 0 Å². The lowest BCUT2D eigenvalue weighted by atomic mass is 9.91. The molecule has 1 N–H and O–H groups in total. The van der Waals surface area contributed by atoms with E-state index in [1.165, 1.54) is 0 Å². The summed E-state index contributed by atoms with van der Waals surface area (Å²) in [5.74, 6) is 0.00497. The number of hydrogen-bond donors (Lipinski definition) is 1. The molecule has 22 heavy (non-hydrogen) atoms. The Morgan fingerprint density at radius 2 is 2.32 bits per heavy atom. The molecule has 1 aliphatic heterocycles. The van der Waals surface area contributed by atoms with Crippen LogP contribution >= 0.6 is 0 Å². The molecule has 0 saturated carbocycles. The van der Waals surface area contributed by atoms with Crippen molar-refractivity contribution in [1.82, 2.24) is 9.88 Å². The van der Waals surface area contributed by atoms with Crippen LogP contribution in [0.15, 0.2) is 29.6 Å². The number of rotatable bonds is 4. The van der Waals surface area contributed by atoms with Crippen LogP contribution in [0.5, 0.6) is 0 Å². The fourth-order valence-corrected chi connectivity index (χ4v) is 3.36. The predicted octanol–water partition coefficient (Wildman–Crippen LogP) is 1.19. The Balaban J connectivity index is 1.71. The van der Waals surface area contributed by atoms with Gasteiger partial charge in [-0.3, -0.25) is 9.59 Å². The molecule has 2 heterocycles. The molecule has 2 atom stereocenters. The first kappa shape index (κ1) is 15.0. The van der Waals surface area contributed by atoms with E-state index < -0.39 is 0 Å². The zero-order valence-corrected chi connectivity index (χ0v) is 12.7. The van der Waals surface area contributed by atoms with Crippen molar-refractivity contribution in [2.24, 2.45) is 0 Å². The largest absolute Gasteiger partial charge is 0.368 e. The second-order valence-corrected chi connectivity index (χ2v) is 5.99. The highest BCUT2D eigenvalue weighted by Crippen LogP contribution is 2.21. The van der Waals surface area contributed by atoms with E-state index in [-0.39, 0.29) is 23.6 Å². The molecule has 0 radical (unpaired) electrons. The Bertz CT molecular complexity index is 629. The lowest BCUT2D eigenvalue weighted by molar-refractivity contribution is -0.130. The summed E-state index contributed by atoms with van der Waals surface area (Å²) in [7, 11) is 0. The lowest BCUT2D eigenvalue weighted by Gasteiger charge is -2.28. The van der Waals surface area contributed by atoms with Crippen LogP contribution in [0.4, 0.5) is 0 Å². The lowest BCUT2D eigenvalue weighted by Crippen LogP contribution is -2.44. The second kappa shape index (κ2) is 6.48. The number of pyridine rings is 1. The number of carbonyl (C=O) groups excluding carboxylic acids is 1. The van der Waals surface area contributed by atoms with E-state index in [2.05, 4.69) is 11.9 Å². The van der Waals surface area contributed by atoms with Gasteiger partial charge in [-0.25, -0.2) is 0 Å². The SMILES string of the molecule is C=CCn1c2c(ccc1=O)C[C@H](NC(=O)[C@@H]1CCCO1)CC2. The van der Waals surface area contributed by atoms with E-state index in [1.54, 1.807) is 16.7 Å². The first-order valence-electron chi connectivity index (χ1n) is 7.93. The number of nitrogens with one attached hydrogen (secondary N) is 1. The van der Waals surface area contributed by atoms with Gasteiger partial charge < -0.3 is 14.6 Å². The summed E-state index contributed by atoms with van der Waals surface area (Å²) in [6.07, 6.45) is 5.66. The van der Waals surface area contributed by atoms with Crippen LogP contribution in [0, 0.1) is 0 Å². The topological polar surface area (TPSA) is 60.3 Å². The number of nitrogens with zero attached hydrogens (tertiary/aromatic N) is 1. The molecule has 0 unspecified atom stereocenters. The van der Waals surface area contributed by atoms with E-state index >= 15 is 0 Å². The standard InChI is InChI=1S/C17H22N2O3/c1-2-9-19-14-7-6-13(11-12(14)5-8-16(19)20)18-17(21)15-4-3-10-22-15/h2,5,8,13,15H,1,3-4,6-7,9-11H2,(H,18,21)/t13-,15+/m1/s1. The van der Waals surface area contributed by atoms with Crippen molar-refractivity contribution in [3.05, 3.63) is 46.4 Å². The minimum Gasteiger partial charge on any atom is -0.368 e. The molecular weight excluding hydrogens is 280 g/mol. The third-order valence-electron chi connectivity index (χ3n) is 4.47. The average molecular weight is 302 g/mol. The van der Waals surface area contributed by atoms with Gasteiger partial charge in [0.15, 0.2) is 0 Å². The van der Waals surface area contributed by atoms with Crippen LogP contribution in [0.1, 0.15) is 30.5 Å². The first-order valence-corrected chi connectivity index (χ1v) is 7.93. The molecule has 1 aromatic heterocycles. The number of allylic oxidation sites excluding steroid dienone is 1. The molecule has 5 nitrogen and oxygen atoms in total. The number of ether oxygens (including phenoxy) is 1. The summed E-state index contributed by atoms with van der Waals surface area (Å²) in [5.41, 5.74) is 2.24. The van der Waals surface area contributed by atoms with Crippen molar-refractivity contribution >= 4 is 5.91 Å². The molecule has 0 spiro atoms. The Kier molecular flexibility index (Phi) is 4.43. The highest BCUT2D eigenvalue weighted by Gasteiger charge is 2.28. The van der Waals surface area contributed by atoms with Crippen molar-refractivity contribution in [3.8, 4) is 0 Å². The molecule has 1 fully saturated rings. The van der Waals surface area contributed by atoms with Gasteiger partial charge in [-0.15, -0.1) is 6.58 Å². The summed E-state index contributed by atoms with van der Waals surface area (Å²) < 4.78 is 7.20. The van der Waals surface area contributed by atoms with Gasteiger partial charge in [0.05, 0.1) is 0 Å². The maximum absolute atomic E-state index is 12.1. The Morgan fingerprint density at radius 1 is 1.45 bits per heavy atom. The van der Waals surface area contributed by atoms with Crippen LogP contribution in [-0.2, 0) is 28.9 Å². The van der Waals surface area contributed by atoms with Crippen LogP contribution in [0.2, 0.25) is 0 Å². The Morgan fingerprint density at radius 3 is 3.05 bits per heavy atom. The fourth-order valence-electron chi connectivity index (χ4n) is 3.36. The van der Waals surface area contributed by atoms with E-state index in [0.717, 1.165) is 43.4 Å². The van der Waals surface area contributed by atoms with Gasteiger partial charge in [-0.05, 0) is 37.7 Å². The summed E-state index contributed by atoms with van der Waals surface area (Å²) in [6.45, 7) is 4.93. The van der Waals surface area contributed by atoms with Gasteiger partial charge in [0.1, 0.15) is 6.10 Å². The first-order chi connectivity index (χ1) is 10.7. The van der Waals surface area contributed by atoms with Crippen molar-refractivity contribution < 1.29 is 9.53 Å². The number of amides is 1. The van der Waals surface area contributed by atoms with Crippen molar-refractivity contribution in [2.45, 2.75) is 50.8 Å². The molecule has 1 aliphatic carbocycles. The number of hydrogen-bond acceptors (Lipinski definition) is 3. The zero-order chi connectivity index (χ0) is 15.5. The normalized spacial score (nSPS) is 23.8. The van der Waals surface area contributed by atoms with E-state index in [0.29, 0.717) is 13.2 Å². The van der Waals surface area contributed by atoms with Crippen molar-refractivity contribution in [3.63, 3.8) is 0 Å². The highest BCUT2D eigenvalue weighted by atomic mass is 16.5. The maximum Gasteiger partial charge on any atom is 0.251 e. The molecular formula is C17H22N2O3. The molecule has 0 aromatic carbocycles. The van der Waals surface area contributed by atoms with Crippen molar-refractivity contribution in [1.29, 1.82) is 0 Å². The van der Waals surface area contributed by atoms with E-state index in [4.69, 9.17) is 4.74 Å². The minimum atomic E-state index is -0.281. The Labute approximate surface area is 130 Å². The predicted molar refractivity (Wildman–Crippen MR) is 83.8 cm³/mol. The van der Waals surface area contributed by atoms with Crippen LogP contribution < -0.4 is 10.9 Å². The molecule has 1 saturated heterocycles. The molecule has 2 aliphatic rings. The average Bonchev–Trinajstić information content (AvgIpc) is 3.05. The van der Waals surface area contributed by atoms with Gasteiger partial charge in [-0.1, -0.05) is 12.1 Å². The Hall–Kier alpha value is -1.88. The number of aromatic nitrogens is 1. The summed E-state index contributed by atoms with van der Waals surface area (Å²) >= 11 is 0. The third-order valence-corrected chi connectivity index (χ3v) is 4.47. The zero-order valence-electron chi connectivity index (χ0n) is 12.7.